The lowest BCUT2D eigenvalue weighted by Gasteiger charge is -2.23. The van der Waals surface area contributed by atoms with Gasteiger partial charge in [-0.1, -0.05) is 37.3 Å². The van der Waals surface area contributed by atoms with Crippen molar-refractivity contribution in [1.82, 2.24) is 4.90 Å². The van der Waals surface area contributed by atoms with Crippen LogP contribution in [0.5, 0.6) is 5.75 Å². The average Bonchev–Trinajstić information content (AvgIpc) is 2.85. The molecule has 1 heterocycles. The molecule has 0 fully saturated rings. The molecule has 0 radical (unpaired) electrons. The first-order chi connectivity index (χ1) is 14.1. The molecule has 6 heteroatoms. The lowest BCUT2D eigenvalue weighted by Crippen LogP contribution is -2.40. The molecule has 0 aromatic heterocycles. The van der Waals surface area contributed by atoms with Gasteiger partial charge in [0.25, 0.3) is 5.91 Å². The van der Waals surface area contributed by atoms with E-state index < -0.39 is 6.10 Å². The second-order valence-electron chi connectivity index (χ2n) is 7.15. The summed E-state index contributed by atoms with van der Waals surface area (Å²) in [6, 6.07) is 15.2. The lowest BCUT2D eigenvalue weighted by molar-refractivity contribution is -0.138. The summed E-state index contributed by atoms with van der Waals surface area (Å²) in [6.07, 6.45) is 1.20. The summed E-state index contributed by atoms with van der Waals surface area (Å²) in [7, 11) is 1.65. The third-order valence-corrected chi connectivity index (χ3v) is 4.92. The molecule has 1 aliphatic rings. The summed E-state index contributed by atoms with van der Waals surface area (Å²) in [5.74, 6) is 0.611. The van der Waals surface area contributed by atoms with Gasteiger partial charge >= 0.3 is 0 Å². The number of hydrogen-bond acceptors (Lipinski definition) is 4. The van der Waals surface area contributed by atoms with E-state index in [4.69, 9.17) is 9.47 Å². The Morgan fingerprint density at radius 2 is 2.03 bits per heavy atom. The second kappa shape index (κ2) is 10.1. The third kappa shape index (κ3) is 5.57. The Balaban J connectivity index is 1.73. The normalized spacial score (nSPS) is 16.0. The van der Waals surface area contributed by atoms with Crippen molar-refractivity contribution in [2.24, 2.45) is 0 Å². The number of nitrogens with one attached hydrogen (secondary N) is 1. The maximum absolute atomic E-state index is 12.8. The van der Waals surface area contributed by atoms with E-state index in [1.54, 1.807) is 7.11 Å². The SMILES string of the molecule is CCC1Oc2ccc(NC(=O)Cc3ccccc3)cc2CN(CCCOC)C1=O. The molecular weight excluding hydrogens is 368 g/mol. The molecule has 2 aromatic carbocycles. The van der Waals surface area contributed by atoms with E-state index in [1.807, 2.05) is 60.4 Å². The van der Waals surface area contributed by atoms with Crippen molar-refractivity contribution in [3.05, 3.63) is 59.7 Å². The van der Waals surface area contributed by atoms with E-state index >= 15 is 0 Å². The van der Waals surface area contributed by atoms with Gasteiger partial charge in [-0.2, -0.15) is 0 Å². The summed E-state index contributed by atoms with van der Waals surface area (Å²) in [5.41, 5.74) is 2.56. The van der Waals surface area contributed by atoms with Crippen LogP contribution in [0.1, 0.15) is 30.9 Å². The molecule has 0 saturated heterocycles. The van der Waals surface area contributed by atoms with Crippen LogP contribution >= 0.6 is 0 Å². The molecule has 154 valence electrons. The quantitative estimate of drug-likeness (QED) is 0.695. The highest BCUT2D eigenvalue weighted by molar-refractivity contribution is 5.92. The number of anilines is 1. The number of carbonyl (C=O) groups is 2. The minimum Gasteiger partial charge on any atom is -0.480 e. The standard InChI is InChI=1S/C23H28N2O4/c1-3-20-23(27)25(12-7-13-28-2)16-18-15-19(10-11-21(18)29-20)24-22(26)14-17-8-5-4-6-9-17/h4-6,8-11,15,20H,3,7,12-14,16H2,1-2H3,(H,24,26). The van der Waals surface area contributed by atoms with Crippen molar-refractivity contribution in [3.63, 3.8) is 0 Å². The van der Waals surface area contributed by atoms with Crippen LogP contribution in [0.3, 0.4) is 0 Å². The highest BCUT2D eigenvalue weighted by Crippen LogP contribution is 2.29. The summed E-state index contributed by atoms with van der Waals surface area (Å²) < 4.78 is 11.1. The van der Waals surface area contributed by atoms with Crippen LogP contribution in [0.15, 0.2) is 48.5 Å². The van der Waals surface area contributed by atoms with Gasteiger partial charge in [-0.15, -0.1) is 0 Å². The number of benzene rings is 2. The minimum atomic E-state index is -0.489. The Morgan fingerprint density at radius 1 is 1.24 bits per heavy atom. The molecule has 0 aliphatic carbocycles. The Bertz CT molecular complexity index is 838. The first kappa shape index (κ1) is 20.9. The molecule has 29 heavy (non-hydrogen) atoms. The van der Waals surface area contributed by atoms with Crippen LogP contribution in [0, 0.1) is 0 Å². The highest BCUT2D eigenvalue weighted by atomic mass is 16.5. The fourth-order valence-electron chi connectivity index (χ4n) is 3.42. The van der Waals surface area contributed by atoms with Gasteiger partial charge in [-0.25, -0.2) is 0 Å². The molecule has 1 N–H and O–H groups in total. The summed E-state index contributed by atoms with van der Waals surface area (Å²) in [4.78, 5) is 27.0. The molecule has 3 rings (SSSR count). The topological polar surface area (TPSA) is 67.9 Å². The van der Waals surface area contributed by atoms with Crippen LogP contribution in [-0.2, 0) is 27.3 Å². The predicted octanol–water partition coefficient (Wildman–Crippen LogP) is 3.40. The van der Waals surface area contributed by atoms with Crippen LogP contribution in [0.2, 0.25) is 0 Å². The van der Waals surface area contributed by atoms with Gasteiger partial charge in [0.05, 0.1) is 6.42 Å². The van der Waals surface area contributed by atoms with Crippen LogP contribution in [-0.4, -0.2) is 43.1 Å². The van der Waals surface area contributed by atoms with Gasteiger partial charge in [0, 0.05) is 38.1 Å². The molecule has 1 unspecified atom stereocenters. The highest BCUT2D eigenvalue weighted by Gasteiger charge is 2.29. The van der Waals surface area contributed by atoms with E-state index in [-0.39, 0.29) is 11.8 Å². The van der Waals surface area contributed by atoms with E-state index in [1.165, 1.54) is 0 Å². The summed E-state index contributed by atoms with van der Waals surface area (Å²) in [6.45, 7) is 3.61. The van der Waals surface area contributed by atoms with Crippen molar-refractivity contribution in [2.75, 3.05) is 25.6 Å². The number of rotatable bonds is 8. The van der Waals surface area contributed by atoms with E-state index in [2.05, 4.69) is 5.32 Å². The molecular formula is C23H28N2O4. The fraction of sp³-hybridized carbons (Fsp3) is 0.391. The Labute approximate surface area is 171 Å². The average molecular weight is 396 g/mol. The lowest BCUT2D eigenvalue weighted by atomic mass is 10.1. The van der Waals surface area contributed by atoms with E-state index in [9.17, 15) is 9.59 Å². The second-order valence-corrected chi connectivity index (χ2v) is 7.15. The van der Waals surface area contributed by atoms with Crippen molar-refractivity contribution in [1.29, 1.82) is 0 Å². The fourth-order valence-corrected chi connectivity index (χ4v) is 3.42. The van der Waals surface area contributed by atoms with Gasteiger partial charge in [0.1, 0.15) is 5.75 Å². The van der Waals surface area contributed by atoms with Gasteiger partial charge in [-0.3, -0.25) is 9.59 Å². The zero-order valence-electron chi connectivity index (χ0n) is 17.0. The number of nitrogens with zero attached hydrogens (tertiary/aromatic N) is 1. The first-order valence-electron chi connectivity index (χ1n) is 10.0. The molecule has 6 nitrogen and oxygen atoms in total. The Morgan fingerprint density at radius 3 is 2.76 bits per heavy atom. The van der Waals surface area contributed by atoms with Crippen molar-refractivity contribution in [3.8, 4) is 5.75 Å². The third-order valence-electron chi connectivity index (χ3n) is 4.92. The molecule has 0 saturated carbocycles. The number of hydrogen-bond donors (Lipinski definition) is 1. The smallest absolute Gasteiger partial charge is 0.263 e. The van der Waals surface area contributed by atoms with Gasteiger partial charge in [0.15, 0.2) is 6.10 Å². The number of methoxy groups -OCH3 is 1. The Kier molecular flexibility index (Phi) is 7.25. The molecule has 2 aromatic rings. The zero-order valence-corrected chi connectivity index (χ0v) is 17.0. The minimum absolute atomic E-state index is 0.00512. The number of fused-ring (bicyclic) bond motifs is 1. The number of amides is 2. The number of ether oxygens (including phenoxy) is 2. The number of carbonyl (C=O) groups excluding carboxylic acids is 2. The van der Waals surface area contributed by atoms with Crippen LogP contribution in [0.4, 0.5) is 5.69 Å². The zero-order chi connectivity index (χ0) is 20.6. The Hall–Kier alpha value is -2.86. The van der Waals surface area contributed by atoms with Gasteiger partial charge in [0.2, 0.25) is 5.91 Å². The molecule has 0 bridgehead atoms. The van der Waals surface area contributed by atoms with E-state index in [0.717, 1.165) is 17.5 Å². The summed E-state index contributed by atoms with van der Waals surface area (Å²) in [5, 5.41) is 2.95. The molecule has 2 amide bonds. The van der Waals surface area contributed by atoms with Crippen LogP contribution in [0.25, 0.3) is 0 Å². The summed E-state index contributed by atoms with van der Waals surface area (Å²) >= 11 is 0. The largest absolute Gasteiger partial charge is 0.480 e. The van der Waals surface area contributed by atoms with Crippen molar-refractivity contribution in [2.45, 2.75) is 38.8 Å². The maximum atomic E-state index is 12.8. The van der Waals surface area contributed by atoms with E-state index in [0.29, 0.717) is 44.0 Å². The van der Waals surface area contributed by atoms with Crippen molar-refractivity contribution < 1.29 is 19.1 Å². The maximum Gasteiger partial charge on any atom is 0.263 e. The molecule has 1 aliphatic heterocycles. The van der Waals surface area contributed by atoms with Gasteiger partial charge in [-0.05, 0) is 36.6 Å². The first-order valence-corrected chi connectivity index (χ1v) is 10.0. The monoisotopic (exact) mass is 396 g/mol. The van der Waals surface area contributed by atoms with Crippen LogP contribution < -0.4 is 10.1 Å². The molecule has 1 atom stereocenters. The van der Waals surface area contributed by atoms with Crippen molar-refractivity contribution >= 4 is 17.5 Å². The van der Waals surface area contributed by atoms with Gasteiger partial charge < -0.3 is 19.7 Å². The molecule has 0 spiro atoms. The predicted molar refractivity (Wildman–Crippen MR) is 112 cm³/mol.